The molecule has 1 N–H and O–H groups in total. The van der Waals surface area contributed by atoms with Gasteiger partial charge in [-0.15, -0.1) is 6.58 Å². The fourth-order valence-corrected chi connectivity index (χ4v) is 4.36. The van der Waals surface area contributed by atoms with Crippen molar-refractivity contribution in [2.24, 2.45) is 16.8 Å². The van der Waals surface area contributed by atoms with Crippen molar-refractivity contribution in [1.82, 2.24) is 4.90 Å². The van der Waals surface area contributed by atoms with E-state index in [-0.39, 0.29) is 17.7 Å². The lowest BCUT2D eigenvalue weighted by Crippen LogP contribution is -2.57. The van der Waals surface area contributed by atoms with Gasteiger partial charge in [-0.25, -0.2) is 4.99 Å². The van der Waals surface area contributed by atoms with Gasteiger partial charge in [0.25, 0.3) is 5.91 Å². The molecule has 5 nitrogen and oxygen atoms in total. The minimum Gasteiger partial charge on any atom is -0.387 e. The number of aliphatic hydroxyl groups excluding tert-OH is 1. The quantitative estimate of drug-likeness (QED) is 0.626. The van der Waals surface area contributed by atoms with Crippen LogP contribution in [0.1, 0.15) is 12.8 Å². The maximum atomic E-state index is 11.9. The van der Waals surface area contributed by atoms with E-state index in [2.05, 4.69) is 16.5 Å². The van der Waals surface area contributed by atoms with Crippen molar-refractivity contribution in [3.05, 3.63) is 48.1 Å². The Morgan fingerprint density at radius 1 is 1.33 bits per heavy atom. The second-order valence-electron chi connectivity index (χ2n) is 6.92. The van der Waals surface area contributed by atoms with Crippen LogP contribution in [0.3, 0.4) is 0 Å². The van der Waals surface area contributed by atoms with Crippen LogP contribution >= 0.6 is 0 Å². The Kier molecular flexibility index (Phi) is 3.70. The lowest BCUT2D eigenvalue weighted by Gasteiger charge is -2.51. The molecule has 0 saturated carbocycles. The van der Waals surface area contributed by atoms with Crippen molar-refractivity contribution >= 4 is 17.4 Å². The van der Waals surface area contributed by atoms with Crippen molar-refractivity contribution in [2.75, 3.05) is 13.1 Å². The van der Waals surface area contributed by atoms with E-state index in [9.17, 15) is 14.7 Å². The van der Waals surface area contributed by atoms with Gasteiger partial charge in [0.1, 0.15) is 0 Å². The highest BCUT2D eigenvalue weighted by Crippen LogP contribution is 2.40. The number of carbonyl (C=O) groups is 2. The number of hydrogen-bond acceptors (Lipinski definition) is 4. The van der Waals surface area contributed by atoms with Gasteiger partial charge in [-0.05, 0) is 55.0 Å². The van der Waals surface area contributed by atoms with E-state index in [1.165, 1.54) is 18.2 Å². The first-order valence-electron chi connectivity index (χ1n) is 8.40. The molecular formula is C19H20N2O3. The molecule has 0 aromatic carbocycles. The Labute approximate surface area is 140 Å². The third-order valence-electron chi connectivity index (χ3n) is 5.63. The molecule has 24 heavy (non-hydrogen) atoms. The number of aliphatic hydroxyl groups is 1. The van der Waals surface area contributed by atoms with Gasteiger partial charge in [0, 0.05) is 24.2 Å². The number of fused-ring (bicyclic) bond motifs is 4. The number of hydrogen-bond donors (Lipinski definition) is 1. The molecule has 0 radical (unpaired) electrons. The topological polar surface area (TPSA) is 70.0 Å². The first kappa shape index (κ1) is 15.4. The summed E-state index contributed by atoms with van der Waals surface area (Å²) < 4.78 is 0. The van der Waals surface area contributed by atoms with Crippen LogP contribution in [-0.4, -0.2) is 52.6 Å². The summed E-state index contributed by atoms with van der Waals surface area (Å²) in [7, 11) is 0. The lowest BCUT2D eigenvalue weighted by atomic mass is 9.72. The van der Waals surface area contributed by atoms with Crippen LogP contribution in [0.4, 0.5) is 0 Å². The van der Waals surface area contributed by atoms with Crippen molar-refractivity contribution < 1.29 is 14.7 Å². The molecule has 0 aromatic rings. The third kappa shape index (κ3) is 2.44. The largest absolute Gasteiger partial charge is 0.387 e. The Morgan fingerprint density at radius 2 is 2.17 bits per heavy atom. The molecule has 1 aliphatic carbocycles. The minimum absolute atomic E-state index is 0.0275. The molecule has 0 spiro atoms. The van der Waals surface area contributed by atoms with Gasteiger partial charge in [-0.2, -0.15) is 0 Å². The number of rotatable bonds is 3. The molecular weight excluding hydrogens is 304 g/mol. The summed E-state index contributed by atoms with van der Waals surface area (Å²) in [4.78, 5) is 29.9. The van der Waals surface area contributed by atoms with Crippen molar-refractivity contribution in [3.63, 3.8) is 0 Å². The van der Waals surface area contributed by atoms with Crippen molar-refractivity contribution in [2.45, 2.75) is 25.0 Å². The molecule has 5 aliphatic rings. The summed E-state index contributed by atoms with van der Waals surface area (Å²) in [6, 6.07) is -0.0275. The Morgan fingerprint density at radius 3 is 2.88 bits per heavy atom. The number of carbonyl (C=O) groups excluding carboxylic acids is 2. The highest BCUT2D eigenvalue weighted by atomic mass is 16.3. The normalized spacial score (nSPS) is 35.8. The van der Waals surface area contributed by atoms with Crippen LogP contribution in [0, 0.1) is 11.8 Å². The van der Waals surface area contributed by atoms with Crippen molar-refractivity contribution in [3.8, 4) is 0 Å². The zero-order valence-corrected chi connectivity index (χ0v) is 13.4. The number of amides is 1. The molecule has 5 heteroatoms. The summed E-state index contributed by atoms with van der Waals surface area (Å²) in [6.45, 7) is 5.77. The molecule has 1 amide bonds. The molecule has 5 atom stereocenters. The molecule has 3 fully saturated rings. The monoisotopic (exact) mass is 324 g/mol. The average molecular weight is 324 g/mol. The van der Waals surface area contributed by atoms with Crippen molar-refractivity contribution in [1.29, 1.82) is 0 Å². The summed E-state index contributed by atoms with van der Waals surface area (Å²) in [6.07, 6.45) is 9.01. The molecule has 124 valence electrons. The second-order valence-corrected chi connectivity index (χ2v) is 6.92. The summed E-state index contributed by atoms with van der Waals surface area (Å²) in [5, 5.41) is 11.0. The molecule has 2 bridgehead atoms. The van der Waals surface area contributed by atoms with Crippen LogP contribution in [0.2, 0.25) is 0 Å². The average Bonchev–Trinajstić information content (AvgIpc) is 2.61. The number of allylic oxidation sites excluding steroid dienone is 3. The number of dihydropyridines is 1. The minimum atomic E-state index is -0.793. The first-order chi connectivity index (χ1) is 11.6. The Balaban J connectivity index is 1.63. The highest BCUT2D eigenvalue weighted by molar-refractivity contribution is 6.26. The second kappa shape index (κ2) is 5.76. The summed E-state index contributed by atoms with van der Waals surface area (Å²) in [5.41, 5.74) is 1.57. The molecule has 4 heterocycles. The van der Waals surface area contributed by atoms with Crippen LogP contribution in [0.5, 0.6) is 0 Å². The summed E-state index contributed by atoms with van der Waals surface area (Å²) >= 11 is 0. The number of piperidine rings is 3. The Hall–Kier alpha value is -2.11. The SMILES string of the molecule is C=C[C@H]1CN2CC[C@H]1C[C@@H]2[C@@H](O)C1=CC(=O)N=C2C=CC(=O)C=C12. The number of aliphatic imine (C=N–C) groups is 1. The van der Waals surface area contributed by atoms with E-state index in [1.54, 1.807) is 6.08 Å². The van der Waals surface area contributed by atoms with Gasteiger partial charge in [0.05, 0.1) is 11.8 Å². The smallest absolute Gasteiger partial charge is 0.270 e. The molecule has 1 unspecified atom stereocenters. The van der Waals surface area contributed by atoms with Crippen LogP contribution in [0.15, 0.2) is 53.1 Å². The van der Waals surface area contributed by atoms with E-state index in [4.69, 9.17) is 0 Å². The van der Waals surface area contributed by atoms with Gasteiger partial charge in [-0.1, -0.05) is 6.08 Å². The zero-order chi connectivity index (χ0) is 16.8. The van der Waals surface area contributed by atoms with E-state index in [0.29, 0.717) is 28.7 Å². The maximum absolute atomic E-state index is 11.9. The lowest BCUT2D eigenvalue weighted by molar-refractivity contribution is -0.114. The number of ketones is 1. The standard InChI is InChI=1S/C19H20N2O3/c1-2-11-10-21-6-5-12(11)7-17(21)19(24)15-9-18(23)20-16-4-3-13(22)8-14(15)16/h2-4,8-9,11-12,17,19,24H,1,5-7,10H2/t11-,12-,17+,19-/m0/s1. The Bertz CT molecular complexity index is 744. The highest BCUT2D eigenvalue weighted by Gasteiger charge is 2.43. The molecule has 4 aliphatic heterocycles. The van der Waals surface area contributed by atoms with Crippen LogP contribution < -0.4 is 0 Å². The zero-order valence-electron chi connectivity index (χ0n) is 13.4. The summed E-state index contributed by atoms with van der Waals surface area (Å²) in [5.74, 6) is 0.477. The van der Waals surface area contributed by atoms with E-state index >= 15 is 0 Å². The van der Waals surface area contributed by atoms with E-state index in [1.807, 2.05) is 6.08 Å². The first-order valence-corrected chi connectivity index (χ1v) is 8.40. The van der Waals surface area contributed by atoms with Gasteiger partial charge in [-0.3, -0.25) is 14.5 Å². The fourth-order valence-electron chi connectivity index (χ4n) is 4.36. The third-order valence-corrected chi connectivity index (χ3v) is 5.63. The predicted molar refractivity (Wildman–Crippen MR) is 90.5 cm³/mol. The number of nitrogens with zero attached hydrogens (tertiary/aromatic N) is 2. The van der Waals surface area contributed by atoms with Gasteiger partial charge in [0.2, 0.25) is 0 Å². The molecule has 0 aromatic heterocycles. The van der Waals surface area contributed by atoms with E-state index in [0.717, 1.165) is 25.9 Å². The fraction of sp³-hybridized carbons (Fsp3) is 0.421. The van der Waals surface area contributed by atoms with Crippen LogP contribution in [-0.2, 0) is 9.59 Å². The van der Waals surface area contributed by atoms with Gasteiger partial charge < -0.3 is 5.11 Å². The van der Waals surface area contributed by atoms with Gasteiger partial charge >= 0.3 is 0 Å². The molecule has 5 rings (SSSR count). The molecule has 3 saturated heterocycles. The van der Waals surface area contributed by atoms with Crippen LogP contribution in [0.25, 0.3) is 0 Å². The predicted octanol–water partition coefficient (Wildman–Crippen LogP) is 1.22. The van der Waals surface area contributed by atoms with E-state index < -0.39 is 6.10 Å². The van der Waals surface area contributed by atoms with Gasteiger partial charge in [0.15, 0.2) is 5.78 Å². The maximum Gasteiger partial charge on any atom is 0.270 e.